The first-order valence-electron chi connectivity index (χ1n) is 6.35. The van der Waals surface area contributed by atoms with E-state index in [1.165, 1.54) is 32.6 Å². The van der Waals surface area contributed by atoms with E-state index < -0.39 is 16.3 Å². The average Bonchev–Trinajstić information content (AvgIpc) is 2.27. The Hall–Kier alpha value is -0.390. The molecule has 0 aromatic rings. The second kappa shape index (κ2) is 9.62. The quantitative estimate of drug-likeness (QED) is 0.285. The molecule has 5 heteroatoms. The van der Waals surface area contributed by atoms with Gasteiger partial charge in [0, 0.05) is 0 Å². The van der Waals surface area contributed by atoms with Crippen LogP contribution in [0.4, 0.5) is 0 Å². The summed E-state index contributed by atoms with van der Waals surface area (Å²) in [5.74, 6) is -0.0500. The molecule has 0 aromatic carbocycles. The van der Waals surface area contributed by atoms with Crippen molar-refractivity contribution in [3.8, 4) is 0 Å². The van der Waals surface area contributed by atoms with E-state index in [9.17, 15) is 8.42 Å². The number of nitrogens with two attached hydrogens (primary N) is 1. The van der Waals surface area contributed by atoms with Gasteiger partial charge in [0.25, 0.3) is 10.1 Å². The van der Waals surface area contributed by atoms with Gasteiger partial charge in [0.1, 0.15) is 6.23 Å². The largest absolute Gasteiger partial charge is 0.302 e. The Morgan fingerprint density at radius 2 is 1.82 bits per heavy atom. The maximum absolute atomic E-state index is 11.1. The highest BCUT2D eigenvalue weighted by Crippen LogP contribution is 2.06. The molecule has 1 unspecified atom stereocenters. The van der Waals surface area contributed by atoms with E-state index in [-0.39, 0.29) is 5.75 Å². The summed E-state index contributed by atoms with van der Waals surface area (Å²) < 4.78 is 26.9. The van der Waals surface area contributed by atoms with Crippen molar-refractivity contribution in [2.24, 2.45) is 5.73 Å². The van der Waals surface area contributed by atoms with Crippen LogP contribution < -0.4 is 5.73 Å². The summed E-state index contributed by atoms with van der Waals surface area (Å²) >= 11 is 0. The summed E-state index contributed by atoms with van der Waals surface area (Å²) in [6, 6.07) is 0. The van der Waals surface area contributed by atoms with Crippen molar-refractivity contribution in [2.45, 2.75) is 58.6 Å². The first-order chi connectivity index (χ1) is 8.02. The van der Waals surface area contributed by atoms with Gasteiger partial charge in [0.15, 0.2) is 0 Å². The van der Waals surface area contributed by atoms with Gasteiger partial charge in [-0.05, 0) is 25.8 Å². The minimum Gasteiger partial charge on any atom is -0.302 e. The molecule has 0 rings (SSSR count). The molecule has 0 saturated heterocycles. The number of rotatable bonds is 10. The third-order valence-electron chi connectivity index (χ3n) is 2.41. The van der Waals surface area contributed by atoms with Gasteiger partial charge in [-0.1, -0.05) is 38.7 Å². The number of allylic oxidation sites excluding steroid dienone is 1. The second-order valence-corrected chi connectivity index (χ2v) is 5.92. The molecule has 1 atom stereocenters. The molecular formula is C12H25NO3S. The first kappa shape index (κ1) is 16.6. The third-order valence-corrected chi connectivity index (χ3v) is 3.63. The predicted octanol–water partition coefficient (Wildman–Crippen LogP) is 2.55. The summed E-state index contributed by atoms with van der Waals surface area (Å²) in [6.07, 6.45) is 9.67. The van der Waals surface area contributed by atoms with E-state index in [0.29, 0.717) is 0 Å². The van der Waals surface area contributed by atoms with Gasteiger partial charge in [-0.3, -0.25) is 0 Å². The van der Waals surface area contributed by atoms with Crippen LogP contribution in [0.2, 0.25) is 0 Å². The second-order valence-electron chi connectivity index (χ2n) is 4.04. The lowest BCUT2D eigenvalue weighted by Gasteiger charge is -2.07. The lowest BCUT2D eigenvalue weighted by atomic mass is 10.1. The highest BCUT2D eigenvalue weighted by Gasteiger charge is 2.10. The normalized spacial score (nSPS) is 14.3. The minimum absolute atomic E-state index is 0.0500. The molecule has 0 radical (unpaired) electrons. The standard InChI is InChI=1S/C12H25NO3S/c1-3-5-6-7-8-9-10-11-12(13)16-17(14,15)4-2/h10-12H,3-9,13H2,1-2H3. The summed E-state index contributed by atoms with van der Waals surface area (Å²) in [4.78, 5) is 0. The molecule has 4 nitrogen and oxygen atoms in total. The molecule has 0 fully saturated rings. The number of hydrogen-bond acceptors (Lipinski definition) is 4. The van der Waals surface area contributed by atoms with Gasteiger partial charge in [-0.2, -0.15) is 8.42 Å². The lowest BCUT2D eigenvalue weighted by Crippen LogP contribution is -2.25. The topological polar surface area (TPSA) is 69.4 Å². The van der Waals surface area contributed by atoms with Crippen molar-refractivity contribution in [3.05, 3.63) is 12.2 Å². The van der Waals surface area contributed by atoms with Crippen LogP contribution >= 0.6 is 0 Å². The first-order valence-corrected chi connectivity index (χ1v) is 7.92. The summed E-state index contributed by atoms with van der Waals surface area (Å²) in [7, 11) is -3.45. The fourth-order valence-electron chi connectivity index (χ4n) is 1.37. The van der Waals surface area contributed by atoms with Crippen LogP contribution in [0, 0.1) is 0 Å². The van der Waals surface area contributed by atoms with Crippen molar-refractivity contribution >= 4 is 10.1 Å². The molecule has 102 valence electrons. The van der Waals surface area contributed by atoms with Crippen LogP contribution in [0.5, 0.6) is 0 Å². The summed E-state index contributed by atoms with van der Waals surface area (Å²) in [5.41, 5.74) is 5.51. The van der Waals surface area contributed by atoms with Crippen molar-refractivity contribution < 1.29 is 12.6 Å². The zero-order valence-corrected chi connectivity index (χ0v) is 11.7. The van der Waals surface area contributed by atoms with E-state index in [1.807, 2.05) is 6.08 Å². The highest BCUT2D eigenvalue weighted by atomic mass is 32.2. The minimum atomic E-state index is -3.45. The number of hydrogen-bond donors (Lipinski definition) is 1. The predicted molar refractivity (Wildman–Crippen MR) is 71.0 cm³/mol. The van der Waals surface area contributed by atoms with Gasteiger partial charge in [-0.15, -0.1) is 0 Å². The van der Waals surface area contributed by atoms with Gasteiger partial charge >= 0.3 is 0 Å². The van der Waals surface area contributed by atoms with Gasteiger partial charge < -0.3 is 5.73 Å². The molecule has 0 bridgehead atoms. The maximum Gasteiger partial charge on any atom is 0.268 e. The van der Waals surface area contributed by atoms with Crippen molar-refractivity contribution in [3.63, 3.8) is 0 Å². The Bertz CT molecular complexity index is 299. The molecule has 0 aliphatic heterocycles. The van der Waals surface area contributed by atoms with E-state index >= 15 is 0 Å². The fourth-order valence-corrected chi connectivity index (χ4v) is 1.90. The smallest absolute Gasteiger partial charge is 0.268 e. The van der Waals surface area contributed by atoms with E-state index in [4.69, 9.17) is 9.92 Å². The monoisotopic (exact) mass is 263 g/mol. The van der Waals surface area contributed by atoms with Crippen molar-refractivity contribution in [1.29, 1.82) is 0 Å². The lowest BCUT2D eigenvalue weighted by molar-refractivity contribution is 0.264. The third kappa shape index (κ3) is 10.5. The van der Waals surface area contributed by atoms with Gasteiger partial charge in [0.05, 0.1) is 5.75 Å². The Balaban J connectivity index is 3.64. The van der Waals surface area contributed by atoms with Crippen molar-refractivity contribution in [2.75, 3.05) is 5.75 Å². The van der Waals surface area contributed by atoms with Crippen LogP contribution in [0.15, 0.2) is 12.2 Å². The average molecular weight is 263 g/mol. The Kier molecular flexibility index (Phi) is 9.40. The van der Waals surface area contributed by atoms with Gasteiger partial charge in [0.2, 0.25) is 0 Å². The Morgan fingerprint density at radius 1 is 1.18 bits per heavy atom. The van der Waals surface area contributed by atoms with E-state index in [1.54, 1.807) is 6.08 Å². The molecule has 0 aliphatic carbocycles. The molecule has 0 saturated carbocycles. The molecule has 0 heterocycles. The Labute approximate surface area is 105 Å². The van der Waals surface area contributed by atoms with Gasteiger partial charge in [-0.25, -0.2) is 4.18 Å². The zero-order chi connectivity index (χ0) is 13.1. The van der Waals surface area contributed by atoms with E-state index in [0.717, 1.165) is 12.8 Å². The van der Waals surface area contributed by atoms with Crippen LogP contribution in [0.3, 0.4) is 0 Å². The van der Waals surface area contributed by atoms with Crippen molar-refractivity contribution in [1.82, 2.24) is 0 Å². The van der Waals surface area contributed by atoms with Crippen LogP contribution in [-0.4, -0.2) is 20.4 Å². The molecule has 2 N–H and O–H groups in total. The zero-order valence-electron chi connectivity index (χ0n) is 10.9. The number of unbranched alkanes of at least 4 members (excludes halogenated alkanes) is 5. The highest BCUT2D eigenvalue weighted by molar-refractivity contribution is 7.86. The Morgan fingerprint density at radius 3 is 2.41 bits per heavy atom. The molecule has 17 heavy (non-hydrogen) atoms. The molecule has 0 spiro atoms. The molecule has 0 aliphatic rings. The summed E-state index contributed by atoms with van der Waals surface area (Å²) in [5, 5.41) is 0. The van der Waals surface area contributed by atoms with Crippen LogP contribution in [0.1, 0.15) is 52.4 Å². The molecule has 0 aromatic heterocycles. The molecule has 0 amide bonds. The summed E-state index contributed by atoms with van der Waals surface area (Å²) in [6.45, 7) is 3.71. The SMILES string of the molecule is CCCCCCCC=CC(N)OS(=O)(=O)CC. The maximum atomic E-state index is 11.1. The fraction of sp³-hybridized carbons (Fsp3) is 0.833. The molecular weight excluding hydrogens is 238 g/mol. The van der Waals surface area contributed by atoms with Crippen LogP contribution in [0.25, 0.3) is 0 Å². The van der Waals surface area contributed by atoms with E-state index in [2.05, 4.69) is 6.92 Å². The van der Waals surface area contributed by atoms with Crippen LogP contribution in [-0.2, 0) is 14.3 Å².